The van der Waals surface area contributed by atoms with E-state index >= 15 is 0 Å². The van der Waals surface area contributed by atoms with E-state index in [1.165, 1.54) is 24.3 Å². The fraction of sp³-hybridized carbons (Fsp3) is 0.692. The van der Waals surface area contributed by atoms with Crippen molar-refractivity contribution in [3.05, 3.63) is 18.2 Å². The smallest absolute Gasteiger partial charge is 0.373 e. The summed E-state index contributed by atoms with van der Waals surface area (Å²) in [5.74, 6) is -0.175. The minimum Gasteiger partial charge on any atom is -0.373 e. The van der Waals surface area contributed by atoms with Crippen LogP contribution in [-0.4, -0.2) is 59.0 Å². The van der Waals surface area contributed by atoms with Gasteiger partial charge in [0.05, 0.1) is 25.9 Å². The number of rotatable bonds is 4. The van der Waals surface area contributed by atoms with Crippen molar-refractivity contribution < 1.29 is 27.4 Å². The molecule has 9 heteroatoms. The molecule has 1 aliphatic heterocycles. The molecule has 1 aliphatic rings. The quantitative estimate of drug-likeness (QED) is 0.836. The van der Waals surface area contributed by atoms with E-state index in [4.69, 9.17) is 9.47 Å². The molecule has 0 aliphatic carbocycles. The number of halogens is 3. The molecule has 1 aromatic heterocycles. The number of alkyl halides is 3. The fourth-order valence-electron chi connectivity index (χ4n) is 2.24. The standard InChI is InChI=1S/C13H18F3N3O3/c1-9-11(22-6-5-21-9)12(20)18(2)7-10-17-3-4-19(10)8-13(14,15)16/h3-4,9,11H,5-8H2,1-2H3/t9-,11-/m0/s1. The summed E-state index contributed by atoms with van der Waals surface area (Å²) in [5.41, 5.74) is 0. The largest absolute Gasteiger partial charge is 0.406 e. The number of imidazole rings is 1. The number of likely N-dealkylation sites (N-methyl/N-ethyl adjacent to an activating group) is 1. The normalized spacial score (nSPS) is 22.6. The third kappa shape index (κ3) is 4.20. The molecule has 1 aromatic rings. The third-order valence-corrected chi connectivity index (χ3v) is 3.34. The van der Waals surface area contributed by atoms with Crippen molar-refractivity contribution in [3.63, 3.8) is 0 Å². The van der Waals surface area contributed by atoms with E-state index in [1.807, 2.05) is 0 Å². The Kier molecular flexibility index (Phi) is 5.07. The van der Waals surface area contributed by atoms with Crippen LogP contribution in [0.3, 0.4) is 0 Å². The monoisotopic (exact) mass is 321 g/mol. The van der Waals surface area contributed by atoms with Crippen LogP contribution in [0.15, 0.2) is 12.4 Å². The van der Waals surface area contributed by atoms with E-state index in [2.05, 4.69) is 4.98 Å². The first-order valence-corrected chi connectivity index (χ1v) is 6.83. The summed E-state index contributed by atoms with van der Waals surface area (Å²) < 4.78 is 49.1. The molecule has 22 heavy (non-hydrogen) atoms. The molecular formula is C13H18F3N3O3. The molecular weight excluding hydrogens is 303 g/mol. The highest BCUT2D eigenvalue weighted by Gasteiger charge is 2.33. The SMILES string of the molecule is C[C@@H]1OCCO[C@@H]1C(=O)N(C)Cc1nccn1CC(F)(F)F. The van der Waals surface area contributed by atoms with Gasteiger partial charge in [0.1, 0.15) is 12.4 Å². The number of aromatic nitrogens is 2. The Balaban J connectivity index is 2.01. The van der Waals surface area contributed by atoms with Crippen LogP contribution < -0.4 is 0 Å². The highest BCUT2D eigenvalue weighted by atomic mass is 19.4. The van der Waals surface area contributed by atoms with Crippen LogP contribution in [0.4, 0.5) is 13.2 Å². The molecule has 1 fully saturated rings. The van der Waals surface area contributed by atoms with Crippen molar-refractivity contribution in [2.75, 3.05) is 20.3 Å². The fourth-order valence-corrected chi connectivity index (χ4v) is 2.24. The highest BCUT2D eigenvalue weighted by Crippen LogP contribution is 2.19. The lowest BCUT2D eigenvalue weighted by Gasteiger charge is -2.31. The average Bonchev–Trinajstić information content (AvgIpc) is 2.83. The van der Waals surface area contributed by atoms with E-state index in [9.17, 15) is 18.0 Å². The summed E-state index contributed by atoms with van der Waals surface area (Å²) in [4.78, 5) is 17.5. The predicted octanol–water partition coefficient (Wildman–Crippen LogP) is 1.21. The summed E-state index contributed by atoms with van der Waals surface area (Å²) in [7, 11) is 1.50. The van der Waals surface area contributed by atoms with Gasteiger partial charge in [-0.05, 0) is 6.92 Å². The zero-order valence-corrected chi connectivity index (χ0v) is 12.3. The Bertz CT molecular complexity index is 518. The van der Waals surface area contributed by atoms with Crippen LogP contribution in [-0.2, 0) is 27.4 Å². The maximum atomic E-state index is 12.5. The van der Waals surface area contributed by atoms with Crippen LogP contribution in [0.25, 0.3) is 0 Å². The van der Waals surface area contributed by atoms with Crippen LogP contribution >= 0.6 is 0 Å². The number of hydrogen-bond donors (Lipinski definition) is 0. The van der Waals surface area contributed by atoms with Gasteiger partial charge in [-0.2, -0.15) is 13.2 Å². The van der Waals surface area contributed by atoms with Crippen LogP contribution in [0, 0.1) is 0 Å². The number of hydrogen-bond acceptors (Lipinski definition) is 4. The molecule has 6 nitrogen and oxygen atoms in total. The van der Waals surface area contributed by atoms with Crippen molar-refractivity contribution in [1.82, 2.24) is 14.5 Å². The summed E-state index contributed by atoms with van der Waals surface area (Å²) in [5, 5.41) is 0. The van der Waals surface area contributed by atoms with Gasteiger partial charge in [-0.1, -0.05) is 0 Å². The van der Waals surface area contributed by atoms with E-state index in [-0.39, 0.29) is 18.3 Å². The molecule has 0 unspecified atom stereocenters. The van der Waals surface area contributed by atoms with Crippen molar-refractivity contribution in [2.45, 2.75) is 38.4 Å². The Morgan fingerprint density at radius 1 is 1.45 bits per heavy atom. The molecule has 0 N–H and O–H groups in total. The van der Waals surface area contributed by atoms with E-state index < -0.39 is 24.9 Å². The maximum Gasteiger partial charge on any atom is 0.406 e. The van der Waals surface area contributed by atoms with Crippen LogP contribution in [0.5, 0.6) is 0 Å². The average molecular weight is 321 g/mol. The zero-order valence-electron chi connectivity index (χ0n) is 12.3. The topological polar surface area (TPSA) is 56.6 Å². The van der Waals surface area contributed by atoms with Gasteiger partial charge in [-0.25, -0.2) is 4.98 Å². The number of amides is 1. The first kappa shape index (κ1) is 16.8. The minimum absolute atomic E-state index is 0.0332. The van der Waals surface area contributed by atoms with E-state index in [0.29, 0.717) is 13.2 Å². The second kappa shape index (κ2) is 6.66. The van der Waals surface area contributed by atoms with Crippen molar-refractivity contribution in [1.29, 1.82) is 0 Å². The predicted molar refractivity (Wildman–Crippen MR) is 69.9 cm³/mol. The number of carbonyl (C=O) groups is 1. The number of carbonyl (C=O) groups excluding carboxylic acids is 1. The van der Waals surface area contributed by atoms with Gasteiger partial charge in [0.25, 0.3) is 5.91 Å². The summed E-state index contributed by atoms with van der Waals surface area (Å²) >= 11 is 0. The van der Waals surface area contributed by atoms with Crippen molar-refractivity contribution in [3.8, 4) is 0 Å². The van der Waals surface area contributed by atoms with Crippen LogP contribution in [0.2, 0.25) is 0 Å². The molecule has 124 valence electrons. The summed E-state index contributed by atoms with van der Waals surface area (Å²) in [6, 6.07) is 0. The lowest BCUT2D eigenvalue weighted by Crippen LogP contribution is -2.48. The Morgan fingerprint density at radius 3 is 2.77 bits per heavy atom. The summed E-state index contributed by atoms with van der Waals surface area (Å²) in [6.45, 7) is 1.29. The second-order valence-electron chi connectivity index (χ2n) is 5.15. The van der Waals surface area contributed by atoms with Crippen molar-refractivity contribution >= 4 is 5.91 Å². The molecule has 0 aromatic carbocycles. The minimum atomic E-state index is -4.34. The Morgan fingerprint density at radius 2 is 2.14 bits per heavy atom. The van der Waals surface area contributed by atoms with Gasteiger partial charge in [0.2, 0.25) is 0 Å². The molecule has 2 rings (SSSR count). The maximum absolute atomic E-state index is 12.5. The molecule has 1 saturated heterocycles. The van der Waals surface area contributed by atoms with Gasteiger partial charge < -0.3 is 18.9 Å². The molecule has 2 heterocycles. The second-order valence-corrected chi connectivity index (χ2v) is 5.15. The molecule has 2 atom stereocenters. The van der Waals surface area contributed by atoms with Gasteiger partial charge >= 0.3 is 6.18 Å². The first-order chi connectivity index (χ1) is 10.3. The molecule has 0 radical (unpaired) electrons. The molecule has 0 spiro atoms. The van der Waals surface area contributed by atoms with Crippen molar-refractivity contribution in [2.24, 2.45) is 0 Å². The lowest BCUT2D eigenvalue weighted by atomic mass is 10.2. The van der Waals surface area contributed by atoms with Gasteiger partial charge in [0, 0.05) is 19.4 Å². The first-order valence-electron chi connectivity index (χ1n) is 6.83. The Labute approximate surface area is 125 Å². The van der Waals surface area contributed by atoms with E-state index in [0.717, 1.165) is 4.57 Å². The Hall–Kier alpha value is -1.61. The molecule has 0 bridgehead atoms. The molecule has 1 amide bonds. The van der Waals surface area contributed by atoms with Gasteiger partial charge in [-0.15, -0.1) is 0 Å². The lowest BCUT2D eigenvalue weighted by molar-refractivity contribution is -0.170. The van der Waals surface area contributed by atoms with E-state index in [1.54, 1.807) is 6.92 Å². The van der Waals surface area contributed by atoms with Gasteiger partial charge in [-0.3, -0.25) is 4.79 Å². The third-order valence-electron chi connectivity index (χ3n) is 3.34. The summed E-state index contributed by atoms with van der Waals surface area (Å²) in [6.07, 6.45) is -2.96. The molecule has 0 saturated carbocycles. The number of nitrogens with zero attached hydrogens (tertiary/aromatic N) is 3. The van der Waals surface area contributed by atoms with Gasteiger partial charge in [0.15, 0.2) is 6.10 Å². The zero-order chi connectivity index (χ0) is 16.3. The number of ether oxygens (including phenoxy) is 2. The highest BCUT2D eigenvalue weighted by molar-refractivity contribution is 5.81. The van der Waals surface area contributed by atoms with Crippen LogP contribution in [0.1, 0.15) is 12.7 Å².